The van der Waals surface area contributed by atoms with E-state index in [4.69, 9.17) is 9.84 Å². The van der Waals surface area contributed by atoms with E-state index in [0.717, 1.165) is 11.3 Å². The van der Waals surface area contributed by atoms with Crippen LogP contribution in [-0.4, -0.2) is 29.6 Å². The predicted octanol–water partition coefficient (Wildman–Crippen LogP) is 1.61. The van der Waals surface area contributed by atoms with Gasteiger partial charge in [-0.25, -0.2) is 0 Å². The van der Waals surface area contributed by atoms with Crippen LogP contribution in [0, 0.1) is 5.41 Å². The molecule has 1 heterocycles. The number of hydrogen-bond acceptors (Lipinski definition) is 3. The topological polar surface area (TPSA) is 75.6 Å². The Morgan fingerprint density at radius 1 is 1.40 bits per heavy atom. The summed E-state index contributed by atoms with van der Waals surface area (Å²) in [5.74, 6) is -0.308. The fraction of sp³-hybridized carbons (Fsp3) is 0.467. The third-order valence-corrected chi connectivity index (χ3v) is 3.57. The van der Waals surface area contributed by atoms with E-state index >= 15 is 0 Å². The van der Waals surface area contributed by atoms with Crippen LogP contribution in [-0.2, 0) is 16.0 Å². The molecule has 0 aliphatic carbocycles. The number of carboxylic acid groups (broad SMARTS) is 1. The molecule has 0 aromatic heterocycles. The van der Waals surface area contributed by atoms with Crippen molar-refractivity contribution in [2.24, 2.45) is 5.41 Å². The van der Waals surface area contributed by atoms with E-state index in [1.807, 2.05) is 24.3 Å². The van der Waals surface area contributed by atoms with Gasteiger partial charge in [-0.2, -0.15) is 0 Å². The number of amides is 1. The summed E-state index contributed by atoms with van der Waals surface area (Å²) in [7, 11) is 0. The second-order valence-corrected chi connectivity index (χ2v) is 5.65. The average Bonchev–Trinajstić information content (AvgIpc) is 2.82. The summed E-state index contributed by atoms with van der Waals surface area (Å²) < 4.78 is 5.57. The first-order valence-electron chi connectivity index (χ1n) is 6.66. The highest BCUT2D eigenvalue weighted by molar-refractivity contribution is 5.82. The van der Waals surface area contributed by atoms with Gasteiger partial charge in [-0.15, -0.1) is 0 Å². The Hall–Kier alpha value is -2.04. The molecule has 0 saturated heterocycles. The lowest BCUT2D eigenvalue weighted by molar-refractivity contribution is -0.147. The summed E-state index contributed by atoms with van der Waals surface area (Å²) in [5, 5.41) is 11.7. The number of fused-ring (bicyclic) bond motifs is 1. The maximum Gasteiger partial charge on any atom is 0.309 e. The van der Waals surface area contributed by atoms with E-state index in [1.54, 1.807) is 13.8 Å². The van der Waals surface area contributed by atoms with Gasteiger partial charge in [-0.05, 0) is 31.9 Å². The molecular formula is C15H19NO4. The van der Waals surface area contributed by atoms with Crippen LogP contribution >= 0.6 is 0 Å². The molecule has 0 saturated carbocycles. The van der Waals surface area contributed by atoms with Gasteiger partial charge in [0.15, 0.2) is 6.10 Å². The van der Waals surface area contributed by atoms with Crippen LogP contribution in [0.15, 0.2) is 24.3 Å². The Kier molecular flexibility index (Phi) is 3.97. The highest BCUT2D eigenvalue weighted by Gasteiger charge is 2.30. The molecule has 5 heteroatoms. The van der Waals surface area contributed by atoms with Gasteiger partial charge >= 0.3 is 5.97 Å². The van der Waals surface area contributed by atoms with Crippen molar-refractivity contribution in [3.8, 4) is 5.75 Å². The maximum atomic E-state index is 12.0. The molecule has 5 nitrogen and oxygen atoms in total. The first-order valence-corrected chi connectivity index (χ1v) is 6.66. The molecule has 1 aliphatic rings. The number of hydrogen-bond donors (Lipinski definition) is 2. The molecule has 2 rings (SSSR count). The lowest BCUT2D eigenvalue weighted by Gasteiger charge is -2.19. The molecule has 1 aromatic carbocycles. The van der Waals surface area contributed by atoms with Crippen molar-refractivity contribution in [2.75, 3.05) is 6.54 Å². The van der Waals surface area contributed by atoms with Crippen molar-refractivity contribution < 1.29 is 19.4 Å². The van der Waals surface area contributed by atoms with Crippen LogP contribution in [0.5, 0.6) is 5.75 Å². The number of ether oxygens (including phenoxy) is 1. The molecule has 108 valence electrons. The zero-order chi connectivity index (χ0) is 14.8. The van der Waals surface area contributed by atoms with Gasteiger partial charge in [0.25, 0.3) is 5.91 Å². The number of carbonyl (C=O) groups is 2. The summed E-state index contributed by atoms with van der Waals surface area (Å²) in [4.78, 5) is 23.0. The van der Waals surface area contributed by atoms with Gasteiger partial charge in [0.05, 0.1) is 5.41 Å². The van der Waals surface area contributed by atoms with E-state index in [1.165, 1.54) is 0 Å². The minimum Gasteiger partial charge on any atom is -0.481 e. The fourth-order valence-electron chi connectivity index (χ4n) is 2.05. The zero-order valence-electron chi connectivity index (χ0n) is 11.7. The van der Waals surface area contributed by atoms with Crippen molar-refractivity contribution in [3.63, 3.8) is 0 Å². The van der Waals surface area contributed by atoms with Crippen LogP contribution < -0.4 is 10.1 Å². The Balaban J connectivity index is 1.82. The standard InChI is InChI=1S/C15H19NO4/c1-15(2,14(18)19)7-8-16-13(17)12-9-10-5-3-4-6-11(10)20-12/h3-6,12H,7-9H2,1-2H3,(H,16,17)(H,18,19). The number of para-hydroxylation sites is 1. The molecule has 20 heavy (non-hydrogen) atoms. The molecule has 1 amide bonds. The number of nitrogens with one attached hydrogen (secondary N) is 1. The summed E-state index contributed by atoms with van der Waals surface area (Å²) in [6.07, 6.45) is 0.429. The molecule has 1 aromatic rings. The second kappa shape index (κ2) is 5.53. The lowest BCUT2D eigenvalue weighted by atomic mass is 9.90. The highest BCUT2D eigenvalue weighted by Crippen LogP contribution is 2.28. The van der Waals surface area contributed by atoms with Gasteiger partial charge in [-0.3, -0.25) is 9.59 Å². The Morgan fingerprint density at radius 2 is 2.10 bits per heavy atom. The number of benzene rings is 1. The molecule has 0 radical (unpaired) electrons. The predicted molar refractivity (Wildman–Crippen MR) is 73.6 cm³/mol. The largest absolute Gasteiger partial charge is 0.481 e. The average molecular weight is 277 g/mol. The Bertz CT molecular complexity index is 499. The SMILES string of the molecule is CC(C)(CCNC(=O)C1Cc2ccccc2O1)C(=O)O. The first-order chi connectivity index (χ1) is 9.40. The van der Waals surface area contributed by atoms with Gasteiger partial charge in [0, 0.05) is 13.0 Å². The van der Waals surface area contributed by atoms with E-state index in [-0.39, 0.29) is 5.91 Å². The maximum absolute atomic E-state index is 12.0. The van der Waals surface area contributed by atoms with E-state index in [2.05, 4.69) is 5.32 Å². The van der Waals surface area contributed by atoms with Crippen molar-refractivity contribution in [1.29, 1.82) is 0 Å². The molecular weight excluding hydrogens is 258 g/mol. The molecule has 0 fully saturated rings. The van der Waals surface area contributed by atoms with Crippen molar-refractivity contribution >= 4 is 11.9 Å². The Labute approximate surface area is 117 Å². The van der Waals surface area contributed by atoms with Gasteiger partial charge in [0.2, 0.25) is 0 Å². The Morgan fingerprint density at radius 3 is 2.75 bits per heavy atom. The van der Waals surface area contributed by atoms with Crippen LogP contribution in [0.2, 0.25) is 0 Å². The van der Waals surface area contributed by atoms with Crippen molar-refractivity contribution in [3.05, 3.63) is 29.8 Å². The molecule has 1 atom stereocenters. The third-order valence-electron chi connectivity index (χ3n) is 3.57. The summed E-state index contributed by atoms with van der Waals surface area (Å²) in [6, 6.07) is 7.57. The van der Waals surface area contributed by atoms with Crippen LogP contribution in [0.4, 0.5) is 0 Å². The number of rotatable bonds is 5. The van der Waals surface area contributed by atoms with Crippen molar-refractivity contribution in [1.82, 2.24) is 5.32 Å². The molecule has 2 N–H and O–H groups in total. The van der Waals surface area contributed by atoms with Gasteiger partial charge in [0.1, 0.15) is 5.75 Å². The van der Waals surface area contributed by atoms with Gasteiger partial charge in [-0.1, -0.05) is 18.2 Å². The summed E-state index contributed by atoms with van der Waals surface area (Å²) in [6.45, 7) is 3.61. The molecule has 1 aliphatic heterocycles. The summed E-state index contributed by atoms with van der Waals surface area (Å²) >= 11 is 0. The van der Waals surface area contributed by atoms with Crippen molar-refractivity contribution in [2.45, 2.75) is 32.8 Å². The van der Waals surface area contributed by atoms with Crippen LogP contribution in [0.1, 0.15) is 25.8 Å². The number of carbonyl (C=O) groups excluding carboxylic acids is 1. The quantitative estimate of drug-likeness (QED) is 0.857. The first kappa shape index (κ1) is 14.4. The number of carboxylic acids is 1. The van der Waals surface area contributed by atoms with Gasteiger partial charge < -0.3 is 15.2 Å². The molecule has 0 spiro atoms. The monoisotopic (exact) mass is 277 g/mol. The van der Waals surface area contributed by atoms with E-state index < -0.39 is 17.5 Å². The lowest BCUT2D eigenvalue weighted by Crippen LogP contribution is -2.39. The molecule has 0 bridgehead atoms. The smallest absolute Gasteiger partial charge is 0.309 e. The fourth-order valence-corrected chi connectivity index (χ4v) is 2.05. The third kappa shape index (κ3) is 3.10. The van der Waals surface area contributed by atoms with E-state index in [0.29, 0.717) is 19.4 Å². The van der Waals surface area contributed by atoms with Crippen LogP contribution in [0.25, 0.3) is 0 Å². The minimum atomic E-state index is -0.865. The second-order valence-electron chi connectivity index (χ2n) is 5.65. The minimum absolute atomic E-state index is 0.192. The normalized spacial score (nSPS) is 17.2. The zero-order valence-corrected chi connectivity index (χ0v) is 11.7. The number of aliphatic carboxylic acids is 1. The van der Waals surface area contributed by atoms with E-state index in [9.17, 15) is 9.59 Å². The summed E-state index contributed by atoms with van der Waals surface area (Å²) in [5.41, 5.74) is 0.186. The highest BCUT2D eigenvalue weighted by atomic mass is 16.5. The molecule has 1 unspecified atom stereocenters. The van der Waals surface area contributed by atoms with Crippen LogP contribution in [0.3, 0.4) is 0 Å².